The number of hydrogen-bond acceptors (Lipinski definition) is 5. The number of hydrogen-bond donors (Lipinski definition) is 2. The summed E-state index contributed by atoms with van der Waals surface area (Å²) in [7, 11) is 0. The molecular formula is C27H30ClFN4O2. The Hall–Kier alpha value is -3.16. The number of carbonyl (C=O) groups excluding carboxylic acids is 1. The number of anilines is 2. The summed E-state index contributed by atoms with van der Waals surface area (Å²) < 4.78 is 14.7. The molecular weight excluding hydrogens is 467 g/mol. The molecule has 35 heavy (non-hydrogen) atoms. The average molecular weight is 497 g/mol. The van der Waals surface area contributed by atoms with E-state index in [0.717, 1.165) is 31.9 Å². The van der Waals surface area contributed by atoms with Crippen molar-refractivity contribution in [2.24, 2.45) is 0 Å². The lowest BCUT2D eigenvalue weighted by atomic mass is 9.97. The molecule has 0 aliphatic carbocycles. The second-order valence-electron chi connectivity index (χ2n) is 9.80. The molecule has 1 fully saturated rings. The largest absolute Gasteiger partial charge is 0.507 e. The Morgan fingerprint density at radius 1 is 1.03 bits per heavy atom. The topological polar surface area (TPSA) is 68.7 Å². The SMILES string of the molecule is CC(=O)Nc1ccc(-c2cc(F)cc(-c3cncc(N4CCN(C(C)(C)C)CC4)c3)c2O)cc1Cl. The van der Waals surface area contributed by atoms with Gasteiger partial charge in [-0.3, -0.25) is 14.7 Å². The molecule has 0 saturated carbocycles. The third-order valence-electron chi connectivity index (χ3n) is 6.29. The first-order valence-electron chi connectivity index (χ1n) is 11.6. The molecule has 3 aromatic rings. The van der Waals surface area contributed by atoms with Crippen LogP contribution in [0.3, 0.4) is 0 Å². The summed E-state index contributed by atoms with van der Waals surface area (Å²) in [5, 5.41) is 14.1. The van der Waals surface area contributed by atoms with E-state index < -0.39 is 5.82 Å². The molecule has 8 heteroatoms. The van der Waals surface area contributed by atoms with Gasteiger partial charge in [0.05, 0.1) is 22.6 Å². The van der Waals surface area contributed by atoms with E-state index in [1.807, 2.05) is 6.07 Å². The normalized spacial score (nSPS) is 14.7. The fourth-order valence-corrected chi connectivity index (χ4v) is 4.62. The molecule has 0 bridgehead atoms. The molecule has 1 amide bonds. The van der Waals surface area contributed by atoms with Crippen molar-refractivity contribution in [1.29, 1.82) is 0 Å². The lowest BCUT2D eigenvalue weighted by molar-refractivity contribution is -0.114. The molecule has 184 valence electrons. The monoisotopic (exact) mass is 496 g/mol. The lowest BCUT2D eigenvalue weighted by Crippen LogP contribution is -2.53. The van der Waals surface area contributed by atoms with Crippen LogP contribution in [-0.2, 0) is 4.79 Å². The van der Waals surface area contributed by atoms with Crippen LogP contribution in [0.2, 0.25) is 5.02 Å². The first-order chi connectivity index (χ1) is 16.5. The predicted octanol–water partition coefficient (Wildman–Crippen LogP) is 5.79. The average Bonchev–Trinajstić information content (AvgIpc) is 2.81. The van der Waals surface area contributed by atoms with Crippen LogP contribution < -0.4 is 10.2 Å². The molecule has 0 radical (unpaired) electrons. The second-order valence-corrected chi connectivity index (χ2v) is 10.2. The van der Waals surface area contributed by atoms with Crippen LogP contribution in [0, 0.1) is 5.82 Å². The Balaban J connectivity index is 1.65. The predicted molar refractivity (Wildman–Crippen MR) is 140 cm³/mol. The molecule has 0 unspecified atom stereocenters. The molecule has 6 nitrogen and oxygen atoms in total. The highest BCUT2D eigenvalue weighted by Gasteiger charge is 2.26. The van der Waals surface area contributed by atoms with Gasteiger partial charge >= 0.3 is 0 Å². The van der Waals surface area contributed by atoms with E-state index in [0.29, 0.717) is 33.0 Å². The van der Waals surface area contributed by atoms with E-state index in [9.17, 15) is 14.3 Å². The summed E-state index contributed by atoms with van der Waals surface area (Å²) in [6.07, 6.45) is 3.42. The Morgan fingerprint density at radius 3 is 2.29 bits per heavy atom. The van der Waals surface area contributed by atoms with Crippen molar-refractivity contribution in [3.05, 3.63) is 59.6 Å². The highest BCUT2D eigenvalue weighted by atomic mass is 35.5. The Morgan fingerprint density at radius 2 is 1.69 bits per heavy atom. The zero-order valence-electron chi connectivity index (χ0n) is 20.4. The Labute approximate surface area is 210 Å². The number of aromatic nitrogens is 1. The van der Waals surface area contributed by atoms with Crippen LogP contribution in [0.1, 0.15) is 27.7 Å². The van der Waals surface area contributed by atoms with Gasteiger partial charge in [-0.2, -0.15) is 0 Å². The fraction of sp³-hybridized carbons (Fsp3) is 0.333. The highest BCUT2D eigenvalue weighted by molar-refractivity contribution is 6.34. The van der Waals surface area contributed by atoms with Gasteiger partial charge in [0.25, 0.3) is 0 Å². The molecule has 0 spiro atoms. The van der Waals surface area contributed by atoms with Crippen molar-refractivity contribution < 1.29 is 14.3 Å². The number of carbonyl (C=O) groups is 1. The summed E-state index contributed by atoms with van der Waals surface area (Å²) in [5.74, 6) is -0.798. The van der Waals surface area contributed by atoms with Crippen LogP contribution in [0.5, 0.6) is 5.75 Å². The third kappa shape index (κ3) is 5.57. The minimum Gasteiger partial charge on any atom is -0.507 e. The zero-order chi connectivity index (χ0) is 25.3. The number of amides is 1. The van der Waals surface area contributed by atoms with E-state index in [4.69, 9.17) is 11.6 Å². The molecule has 2 heterocycles. The van der Waals surface area contributed by atoms with Gasteiger partial charge in [0, 0.05) is 61.5 Å². The molecule has 2 aromatic carbocycles. The maximum atomic E-state index is 14.7. The maximum Gasteiger partial charge on any atom is 0.221 e. The van der Waals surface area contributed by atoms with E-state index in [1.165, 1.54) is 19.1 Å². The highest BCUT2D eigenvalue weighted by Crippen LogP contribution is 2.41. The van der Waals surface area contributed by atoms with Gasteiger partial charge in [0.15, 0.2) is 0 Å². The number of halogens is 2. The van der Waals surface area contributed by atoms with Gasteiger partial charge in [-0.1, -0.05) is 17.7 Å². The first kappa shape index (κ1) is 24.9. The molecule has 1 aromatic heterocycles. The number of benzene rings is 2. The first-order valence-corrected chi connectivity index (χ1v) is 12.0. The number of rotatable bonds is 4. The number of aromatic hydroxyl groups is 1. The lowest BCUT2D eigenvalue weighted by Gasteiger charge is -2.43. The minimum atomic E-state index is -0.487. The Bertz CT molecular complexity index is 1250. The van der Waals surface area contributed by atoms with E-state index in [1.54, 1.807) is 30.6 Å². The van der Waals surface area contributed by atoms with Crippen LogP contribution in [0.15, 0.2) is 48.8 Å². The van der Waals surface area contributed by atoms with Crippen molar-refractivity contribution in [3.8, 4) is 28.0 Å². The number of piperazine rings is 1. The van der Waals surface area contributed by atoms with Crippen molar-refractivity contribution in [2.45, 2.75) is 33.2 Å². The molecule has 0 atom stereocenters. The van der Waals surface area contributed by atoms with E-state index >= 15 is 0 Å². The van der Waals surface area contributed by atoms with Gasteiger partial charge in [-0.05, 0) is 56.7 Å². The summed E-state index contributed by atoms with van der Waals surface area (Å²) in [6.45, 7) is 11.7. The molecule has 4 rings (SSSR count). The summed E-state index contributed by atoms with van der Waals surface area (Å²) in [6, 6.07) is 9.41. The number of pyridine rings is 1. The van der Waals surface area contributed by atoms with Crippen molar-refractivity contribution in [2.75, 3.05) is 36.4 Å². The number of phenolic OH excluding ortho intramolecular Hbond substituents is 1. The second kappa shape index (κ2) is 9.84. The van der Waals surface area contributed by atoms with Gasteiger partial charge in [0.2, 0.25) is 5.91 Å². The van der Waals surface area contributed by atoms with Crippen LogP contribution in [-0.4, -0.2) is 52.6 Å². The smallest absolute Gasteiger partial charge is 0.221 e. The van der Waals surface area contributed by atoms with Gasteiger partial charge in [0.1, 0.15) is 11.6 Å². The number of nitrogens with zero attached hydrogens (tertiary/aromatic N) is 3. The van der Waals surface area contributed by atoms with Crippen molar-refractivity contribution in [3.63, 3.8) is 0 Å². The fourth-order valence-electron chi connectivity index (χ4n) is 4.40. The summed E-state index contributed by atoms with van der Waals surface area (Å²) in [5.41, 5.74) is 3.32. The van der Waals surface area contributed by atoms with E-state index in [2.05, 4.69) is 40.9 Å². The van der Waals surface area contributed by atoms with E-state index in [-0.39, 0.29) is 17.2 Å². The maximum absolute atomic E-state index is 14.7. The molecule has 2 N–H and O–H groups in total. The van der Waals surface area contributed by atoms with Crippen molar-refractivity contribution >= 4 is 28.9 Å². The minimum absolute atomic E-state index is 0.0637. The van der Waals surface area contributed by atoms with Crippen LogP contribution in [0.4, 0.5) is 15.8 Å². The van der Waals surface area contributed by atoms with Crippen LogP contribution >= 0.6 is 11.6 Å². The third-order valence-corrected chi connectivity index (χ3v) is 6.61. The summed E-state index contributed by atoms with van der Waals surface area (Å²) >= 11 is 6.31. The zero-order valence-corrected chi connectivity index (χ0v) is 21.2. The standard InChI is InChI=1S/C27H30ClFN4O2/c1-17(34)31-25-6-5-18(12-24(25)28)22-13-20(29)14-23(26(22)35)19-11-21(16-30-15-19)32-7-9-33(10-8-32)27(2,3)4/h5-6,11-16,35H,7-10H2,1-4H3,(H,31,34). The van der Waals surface area contributed by atoms with Crippen molar-refractivity contribution in [1.82, 2.24) is 9.88 Å². The molecule has 1 aliphatic heterocycles. The van der Waals surface area contributed by atoms with Gasteiger partial charge in [-0.15, -0.1) is 0 Å². The molecule has 1 aliphatic rings. The van der Waals surface area contributed by atoms with Gasteiger partial charge < -0.3 is 15.3 Å². The summed E-state index contributed by atoms with van der Waals surface area (Å²) in [4.78, 5) is 20.4. The quantitative estimate of drug-likeness (QED) is 0.478. The number of phenols is 1. The molecule has 1 saturated heterocycles. The van der Waals surface area contributed by atoms with Crippen LogP contribution in [0.25, 0.3) is 22.3 Å². The number of nitrogens with one attached hydrogen (secondary N) is 1. The van der Waals surface area contributed by atoms with Gasteiger partial charge in [-0.25, -0.2) is 4.39 Å². The Kier molecular flexibility index (Phi) is 7.01.